The molecular formula is C14H14ClFN2O. The molecule has 0 saturated heterocycles. The molecule has 1 N–H and O–H groups in total. The van der Waals surface area contributed by atoms with Crippen molar-refractivity contribution in [2.75, 3.05) is 12.4 Å². The Morgan fingerprint density at radius 2 is 2.16 bits per heavy atom. The van der Waals surface area contributed by atoms with E-state index < -0.39 is 0 Å². The first-order valence-corrected chi connectivity index (χ1v) is 6.20. The number of aromatic nitrogens is 1. The Bertz CT molecular complexity index is 577. The van der Waals surface area contributed by atoms with E-state index in [0.29, 0.717) is 10.8 Å². The van der Waals surface area contributed by atoms with Gasteiger partial charge in [0.15, 0.2) is 16.7 Å². The normalized spacial score (nSPS) is 12.0. The number of pyridine rings is 1. The number of nitrogens with zero attached hydrogens (tertiary/aromatic N) is 1. The van der Waals surface area contributed by atoms with Gasteiger partial charge in [0.2, 0.25) is 0 Å². The molecule has 0 aliphatic carbocycles. The summed E-state index contributed by atoms with van der Waals surface area (Å²) in [6, 6.07) is 8.38. The maximum Gasteiger partial charge on any atom is 0.165 e. The van der Waals surface area contributed by atoms with Crippen LogP contribution in [0.5, 0.6) is 5.75 Å². The van der Waals surface area contributed by atoms with E-state index in [1.807, 2.05) is 19.1 Å². The minimum atomic E-state index is -0.383. The molecule has 3 nitrogen and oxygen atoms in total. The van der Waals surface area contributed by atoms with Crippen molar-refractivity contribution in [2.24, 2.45) is 0 Å². The second kappa shape index (κ2) is 5.89. The number of anilines is 1. The molecule has 1 unspecified atom stereocenters. The van der Waals surface area contributed by atoms with Gasteiger partial charge in [-0.25, -0.2) is 9.37 Å². The van der Waals surface area contributed by atoms with E-state index in [-0.39, 0.29) is 17.6 Å². The summed E-state index contributed by atoms with van der Waals surface area (Å²) in [5.74, 6) is -0.152. The van der Waals surface area contributed by atoms with Crippen LogP contribution in [0.3, 0.4) is 0 Å². The molecule has 0 aliphatic heterocycles. The third kappa shape index (κ3) is 3.15. The Labute approximate surface area is 116 Å². The van der Waals surface area contributed by atoms with E-state index >= 15 is 0 Å². The summed E-state index contributed by atoms with van der Waals surface area (Å²) < 4.78 is 18.5. The first-order chi connectivity index (χ1) is 9.11. The number of methoxy groups -OCH3 is 1. The number of ether oxygens (including phenoxy) is 1. The number of benzene rings is 1. The van der Waals surface area contributed by atoms with Gasteiger partial charge in [0.05, 0.1) is 12.8 Å². The van der Waals surface area contributed by atoms with Crippen molar-refractivity contribution < 1.29 is 9.13 Å². The number of nitrogens with one attached hydrogen (secondary N) is 1. The standard InChI is InChI=1S/C14H14ClFN2O/c1-9(18-12-4-3-7-17-14(12)15)10-5-6-13(19-2)11(16)8-10/h3-9,18H,1-2H3. The lowest BCUT2D eigenvalue weighted by atomic mass is 10.1. The highest BCUT2D eigenvalue weighted by molar-refractivity contribution is 6.31. The predicted molar refractivity (Wildman–Crippen MR) is 74.2 cm³/mol. The van der Waals surface area contributed by atoms with Crippen molar-refractivity contribution in [2.45, 2.75) is 13.0 Å². The molecule has 19 heavy (non-hydrogen) atoms. The highest BCUT2D eigenvalue weighted by Crippen LogP contribution is 2.26. The largest absolute Gasteiger partial charge is 0.494 e. The average molecular weight is 281 g/mol. The molecule has 1 atom stereocenters. The smallest absolute Gasteiger partial charge is 0.165 e. The maximum absolute atomic E-state index is 13.6. The molecule has 1 aromatic carbocycles. The van der Waals surface area contributed by atoms with E-state index in [1.165, 1.54) is 13.2 Å². The topological polar surface area (TPSA) is 34.1 Å². The lowest BCUT2D eigenvalue weighted by Crippen LogP contribution is -2.07. The van der Waals surface area contributed by atoms with Crippen LogP contribution < -0.4 is 10.1 Å². The molecule has 0 spiro atoms. The second-order valence-electron chi connectivity index (χ2n) is 4.10. The van der Waals surface area contributed by atoms with Gasteiger partial charge in [-0.15, -0.1) is 0 Å². The van der Waals surface area contributed by atoms with E-state index in [4.69, 9.17) is 16.3 Å². The first-order valence-electron chi connectivity index (χ1n) is 5.82. The zero-order valence-electron chi connectivity index (χ0n) is 10.7. The zero-order valence-corrected chi connectivity index (χ0v) is 11.4. The predicted octanol–water partition coefficient (Wildman–Crippen LogP) is 4.06. The Balaban J connectivity index is 2.18. The van der Waals surface area contributed by atoms with Crippen molar-refractivity contribution in [1.82, 2.24) is 4.98 Å². The molecule has 0 saturated carbocycles. The summed E-state index contributed by atoms with van der Waals surface area (Å²) >= 11 is 5.97. The fraction of sp³-hybridized carbons (Fsp3) is 0.214. The van der Waals surface area contributed by atoms with Crippen molar-refractivity contribution in [3.8, 4) is 5.75 Å². The molecule has 1 heterocycles. The summed E-state index contributed by atoms with van der Waals surface area (Å²) in [7, 11) is 1.44. The average Bonchev–Trinajstić information content (AvgIpc) is 2.41. The molecule has 0 bridgehead atoms. The number of hydrogen-bond donors (Lipinski definition) is 1. The monoisotopic (exact) mass is 280 g/mol. The fourth-order valence-corrected chi connectivity index (χ4v) is 1.94. The Hall–Kier alpha value is -1.81. The molecular weight excluding hydrogens is 267 g/mol. The van der Waals surface area contributed by atoms with E-state index in [9.17, 15) is 4.39 Å². The summed E-state index contributed by atoms with van der Waals surface area (Å²) in [5, 5.41) is 3.58. The van der Waals surface area contributed by atoms with Gasteiger partial charge in [0.1, 0.15) is 0 Å². The highest BCUT2D eigenvalue weighted by atomic mass is 35.5. The fourth-order valence-electron chi connectivity index (χ4n) is 1.76. The van der Waals surface area contributed by atoms with E-state index in [1.54, 1.807) is 18.3 Å². The summed E-state index contributed by atoms with van der Waals surface area (Å²) in [6.07, 6.45) is 1.62. The molecule has 0 fully saturated rings. The van der Waals surface area contributed by atoms with Crippen LogP contribution in [0.25, 0.3) is 0 Å². The molecule has 2 rings (SSSR count). The van der Waals surface area contributed by atoms with Gasteiger partial charge < -0.3 is 10.1 Å². The third-order valence-electron chi connectivity index (χ3n) is 2.81. The van der Waals surface area contributed by atoms with Gasteiger partial charge in [-0.05, 0) is 36.8 Å². The molecule has 0 radical (unpaired) electrons. The van der Waals surface area contributed by atoms with Crippen LogP contribution >= 0.6 is 11.6 Å². The number of halogens is 2. The van der Waals surface area contributed by atoms with Crippen molar-refractivity contribution >= 4 is 17.3 Å². The van der Waals surface area contributed by atoms with E-state index in [2.05, 4.69) is 10.3 Å². The lowest BCUT2D eigenvalue weighted by Gasteiger charge is -2.16. The van der Waals surface area contributed by atoms with Crippen LogP contribution in [-0.4, -0.2) is 12.1 Å². The van der Waals surface area contributed by atoms with Crippen LogP contribution in [0, 0.1) is 5.82 Å². The Morgan fingerprint density at radius 1 is 1.37 bits per heavy atom. The van der Waals surface area contributed by atoms with Crippen molar-refractivity contribution in [3.05, 3.63) is 53.1 Å². The molecule has 0 aliphatic rings. The van der Waals surface area contributed by atoms with Gasteiger partial charge in [0.25, 0.3) is 0 Å². The van der Waals surface area contributed by atoms with Gasteiger partial charge in [-0.1, -0.05) is 17.7 Å². The summed E-state index contributed by atoms with van der Waals surface area (Å²) in [4.78, 5) is 3.98. The van der Waals surface area contributed by atoms with Gasteiger partial charge in [-0.2, -0.15) is 0 Å². The molecule has 100 valence electrons. The molecule has 1 aromatic heterocycles. The molecule has 5 heteroatoms. The Kier molecular flexibility index (Phi) is 4.22. The third-order valence-corrected chi connectivity index (χ3v) is 3.11. The summed E-state index contributed by atoms with van der Waals surface area (Å²) in [5.41, 5.74) is 1.52. The maximum atomic E-state index is 13.6. The van der Waals surface area contributed by atoms with Crippen LogP contribution in [0.4, 0.5) is 10.1 Å². The second-order valence-corrected chi connectivity index (χ2v) is 4.46. The lowest BCUT2D eigenvalue weighted by molar-refractivity contribution is 0.386. The number of rotatable bonds is 4. The number of hydrogen-bond acceptors (Lipinski definition) is 3. The minimum Gasteiger partial charge on any atom is -0.494 e. The van der Waals surface area contributed by atoms with Gasteiger partial charge in [0, 0.05) is 12.2 Å². The van der Waals surface area contributed by atoms with Gasteiger partial charge in [-0.3, -0.25) is 0 Å². The van der Waals surface area contributed by atoms with Crippen LogP contribution in [0.2, 0.25) is 5.15 Å². The molecule has 0 amide bonds. The van der Waals surface area contributed by atoms with Crippen LogP contribution in [0.15, 0.2) is 36.5 Å². The SMILES string of the molecule is COc1ccc(C(C)Nc2cccnc2Cl)cc1F. The Morgan fingerprint density at radius 3 is 2.79 bits per heavy atom. The van der Waals surface area contributed by atoms with E-state index in [0.717, 1.165) is 5.56 Å². The van der Waals surface area contributed by atoms with Gasteiger partial charge >= 0.3 is 0 Å². The first kappa shape index (κ1) is 13.6. The summed E-state index contributed by atoms with van der Waals surface area (Å²) in [6.45, 7) is 1.92. The van der Waals surface area contributed by atoms with Crippen LogP contribution in [0.1, 0.15) is 18.5 Å². The highest BCUT2D eigenvalue weighted by Gasteiger charge is 2.11. The van der Waals surface area contributed by atoms with Crippen molar-refractivity contribution in [3.63, 3.8) is 0 Å². The minimum absolute atomic E-state index is 0.0953. The van der Waals surface area contributed by atoms with Crippen molar-refractivity contribution in [1.29, 1.82) is 0 Å². The molecule has 2 aromatic rings. The quantitative estimate of drug-likeness (QED) is 0.858. The van der Waals surface area contributed by atoms with Crippen LogP contribution in [-0.2, 0) is 0 Å². The zero-order chi connectivity index (χ0) is 13.8.